The fraction of sp³-hybridized carbons (Fsp3) is 0.394. The molecular weight excluding hydrogens is 548 g/mol. The first-order valence-corrected chi connectivity index (χ1v) is 14.8. The number of aryl methyl sites for hydroxylation is 1. The van der Waals surface area contributed by atoms with Crippen molar-refractivity contribution in [2.24, 2.45) is 5.73 Å². The van der Waals surface area contributed by atoms with Crippen molar-refractivity contribution in [3.63, 3.8) is 0 Å². The van der Waals surface area contributed by atoms with Crippen LogP contribution in [-0.2, 0) is 27.4 Å². The number of nitrogens with one attached hydrogen (secondary N) is 1. The van der Waals surface area contributed by atoms with E-state index in [4.69, 9.17) is 24.7 Å². The van der Waals surface area contributed by atoms with Crippen LogP contribution in [0.3, 0.4) is 0 Å². The van der Waals surface area contributed by atoms with Crippen LogP contribution in [0.25, 0.3) is 0 Å². The van der Waals surface area contributed by atoms with Gasteiger partial charge < -0.3 is 39.8 Å². The number of hydrogen-bond donors (Lipinski definition) is 2. The Balaban J connectivity index is 1.12. The van der Waals surface area contributed by atoms with E-state index in [-0.39, 0.29) is 30.9 Å². The first kappa shape index (κ1) is 30.2. The summed E-state index contributed by atoms with van der Waals surface area (Å²) in [6, 6.07) is 21.2. The molecule has 0 spiro atoms. The van der Waals surface area contributed by atoms with Gasteiger partial charge in [0.05, 0.1) is 46.1 Å². The van der Waals surface area contributed by atoms with Gasteiger partial charge in [0, 0.05) is 42.5 Å². The molecule has 0 aliphatic carbocycles. The van der Waals surface area contributed by atoms with Crippen LogP contribution in [0.15, 0.2) is 66.7 Å². The maximum Gasteiger partial charge on any atom is 0.241 e. The summed E-state index contributed by atoms with van der Waals surface area (Å²) in [5, 5.41) is 3.20. The van der Waals surface area contributed by atoms with Crippen LogP contribution < -0.4 is 35.1 Å². The van der Waals surface area contributed by atoms with Crippen molar-refractivity contribution in [1.29, 1.82) is 0 Å². The predicted molar refractivity (Wildman–Crippen MR) is 165 cm³/mol. The van der Waals surface area contributed by atoms with Gasteiger partial charge in [-0.25, -0.2) is 0 Å². The Morgan fingerprint density at radius 2 is 1.84 bits per heavy atom. The molecule has 2 aliphatic rings. The van der Waals surface area contributed by atoms with E-state index in [9.17, 15) is 9.59 Å². The molecule has 5 rings (SSSR count). The Morgan fingerprint density at radius 1 is 1.02 bits per heavy atom. The monoisotopic (exact) mass is 588 g/mol. The van der Waals surface area contributed by atoms with Crippen LogP contribution in [-0.4, -0.2) is 71.0 Å². The Kier molecular flexibility index (Phi) is 10.4. The summed E-state index contributed by atoms with van der Waals surface area (Å²) in [6.45, 7) is 3.74. The van der Waals surface area contributed by atoms with E-state index in [2.05, 4.69) is 5.32 Å². The summed E-state index contributed by atoms with van der Waals surface area (Å²) in [4.78, 5) is 28.3. The zero-order valence-electron chi connectivity index (χ0n) is 24.6. The second-order valence-electron chi connectivity index (χ2n) is 10.7. The van der Waals surface area contributed by atoms with E-state index in [1.54, 1.807) is 12.0 Å². The molecule has 3 aromatic rings. The van der Waals surface area contributed by atoms with Crippen molar-refractivity contribution < 1.29 is 28.5 Å². The van der Waals surface area contributed by atoms with Crippen molar-refractivity contribution in [1.82, 2.24) is 5.32 Å². The highest BCUT2D eigenvalue weighted by molar-refractivity contribution is 5.96. The van der Waals surface area contributed by atoms with E-state index in [0.29, 0.717) is 38.7 Å². The molecule has 1 atom stereocenters. The van der Waals surface area contributed by atoms with E-state index in [1.165, 1.54) is 5.56 Å². The van der Waals surface area contributed by atoms with Gasteiger partial charge in [-0.05, 0) is 54.8 Å². The van der Waals surface area contributed by atoms with Gasteiger partial charge in [-0.3, -0.25) is 9.59 Å². The molecule has 0 aromatic heterocycles. The molecule has 10 heteroatoms. The molecule has 0 radical (unpaired) electrons. The van der Waals surface area contributed by atoms with Crippen LogP contribution in [0.4, 0.5) is 11.4 Å². The molecule has 2 amide bonds. The number of amides is 2. The van der Waals surface area contributed by atoms with E-state index < -0.39 is 0 Å². The molecular formula is C33H40N4O6. The summed E-state index contributed by atoms with van der Waals surface area (Å²) in [6.07, 6.45) is 2.68. The molecule has 3 N–H and O–H groups in total. The number of carbonyl (C=O) groups excluding carboxylic acids is 2. The van der Waals surface area contributed by atoms with Gasteiger partial charge in [-0.2, -0.15) is 0 Å². The lowest BCUT2D eigenvalue weighted by Crippen LogP contribution is -2.57. The average molecular weight is 589 g/mol. The Labute approximate surface area is 252 Å². The van der Waals surface area contributed by atoms with Crippen LogP contribution in [0, 0.1) is 0 Å². The summed E-state index contributed by atoms with van der Waals surface area (Å²) in [5.74, 6) is 1.89. The minimum absolute atomic E-state index is 0.0150. The number of para-hydroxylation sites is 1. The number of carbonyl (C=O) groups is 2. The van der Waals surface area contributed by atoms with Gasteiger partial charge in [0.25, 0.3) is 0 Å². The number of anilines is 2. The van der Waals surface area contributed by atoms with Crippen molar-refractivity contribution in [2.75, 3.05) is 62.9 Å². The van der Waals surface area contributed by atoms with Crippen LogP contribution in [0.2, 0.25) is 0 Å². The lowest BCUT2D eigenvalue weighted by Gasteiger charge is -2.36. The van der Waals surface area contributed by atoms with Gasteiger partial charge in [0.2, 0.25) is 11.8 Å². The van der Waals surface area contributed by atoms with E-state index >= 15 is 0 Å². The number of nitrogens with zero attached hydrogens (tertiary/aromatic N) is 2. The zero-order chi connectivity index (χ0) is 30.0. The van der Waals surface area contributed by atoms with Crippen LogP contribution >= 0.6 is 0 Å². The summed E-state index contributed by atoms with van der Waals surface area (Å²) >= 11 is 0. The molecule has 2 heterocycles. The summed E-state index contributed by atoms with van der Waals surface area (Å²) in [5.41, 5.74) is 9.44. The highest BCUT2D eigenvalue weighted by Crippen LogP contribution is 2.31. The standard InChI is InChI=1S/C33H40N4O6/c1-40-31-8-3-2-6-25(31)22-41-16-5-17-42-28-13-10-26(11-14-28)37-27(19-35-20-33(37)39)23-43-29-12-9-24-7-4-15-36(21-32(34)38)30(24)18-29/h2-3,6,8-14,18,27,35H,4-5,7,15-17,19-23H2,1H3,(H2,34,38). The number of benzene rings is 3. The zero-order valence-corrected chi connectivity index (χ0v) is 24.6. The van der Waals surface area contributed by atoms with Crippen molar-refractivity contribution in [3.8, 4) is 17.2 Å². The minimum Gasteiger partial charge on any atom is -0.496 e. The number of methoxy groups -OCH3 is 1. The SMILES string of the molecule is COc1ccccc1COCCCOc1ccc(N2C(=O)CNCC2COc2ccc3c(c2)N(CC(N)=O)CCC3)cc1. The van der Waals surface area contributed by atoms with E-state index in [1.807, 2.05) is 71.6 Å². The Bertz CT molecular complexity index is 1380. The lowest BCUT2D eigenvalue weighted by atomic mass is 10.0. The number of hydrogen-bond acceptors (Lipinski definition) is 8. The third-order valence-corrected chi connectivity index (χ3v) is 7.62. The number of nitrogens with two attached hydrogens (primary N) is 1. The molecule has 1 unspecified atom stereocenters. The topological polar surface area (TPSA) is 116 Å². The maximum absolute atomic E-state index is 13.0. The quantitative estimate of drug-likeness (QED) is 0.276. The normalized spacial score (nSPS) is 16.5. The fourth-order valence-corrected chi connectivity index (χ4v) is 5.54. The number of ether oxygens (including phenoxy) is 4. The molecule has 0 bridgehead atoms. The summed E-state index contributed by atoms with van der Waals surface area (Å²) < 4.78 is 23.2. The number of rotatable bonds is 14. The third kappa shape index (κ3) is 7.97. The Morgan fingerprint density at radius 3 is 2.65 bits per heavy atom. The second kappa shape index (κ2) is 14.8. The first-order chi connectivity index (χ1) is 21.0. The van der Waals surface area contributed by atoms with Gasteiger partial charge in [-0.15, -0.1) is 0 Å². The number of primary amides is 1. The number of piperazine rings is 1. The van der Waals surface area contributed by atoms with Crippen molar-refractivity contribution in [2.45, 2.75) is 31.9 Å². The molecule has 43 heavy (non-hydrogen) atoms. The first-order valence-electron chi connectivity index (χ1n) is 14.8. The van der Waals surface area contributed by atoms with Crippen LogP contribution in [0.5, 0.6) is 17.2 Å². The van der Waals surface area contributed by atoms with Crippen molar-refractivity contribution >= 4 is 23.2 Å². The van der Waals surface area contributed by atoms with Gasteiger partial charge in [0.1, 0.15) is 23.9 Å². The Hall–Kier alpha value is -4.28. The highest BCUT2D eigenvalue weighted by atomic mass is 16.5. The molecule has 228 valence electrons. The average Bonchev–Trinajstić information content (AvgIpc) is 3.02. The molecule has 1 saturated heterocycles. The van der Waals surface area contributed by atoms with E-state index in [0.717, 1.165) is 54.2 Å². The van der Waals surface area contributed by atoms with Crippen molar-refractivity contribution in [3.05, 3.63) is 77.9 Å². The molecule has 3 aromatic carbocycles. The smallest absolute Gasteiger partial charge is 0.241 e. The largest absolute Gasteiger partial charge is 0.496 e. The highest BCUT2D eigenvalue weighted by Gasteiger charge is 2.30. The second-order valence-corrected chi connectivity index (χ2v) is 10.7. The third-order valence-electron chi connectivity index (χ3n) is 7.62. The maximum atomic E-state index is 13.0. The molecule has 2 aliphatic heterocycles. The fourth-order valence-electron chi connectivity index (χ4n) is 5.54. The van der Waals surface area contributed by atoms with Crippen LogP contribution in [0.1, 0.15) is 24.0 Å². The van der Waals surface area contributed by atoms with Gasteiger partial charge in [0.15, 0.2) is 0 Å². The van der Waals surface area contributed by atoms with Gasteiger partial charge in [-0.1, -0.05) is 24.3 Å². The number of fused-ring (bicyclic) bond motifs is 1. The molecule has 0 saturated carbocycles. The van der Waals surface area contributed by atoms with Gasteiger partial charge >= 0.3 is 0 Å². The predicted octanol–water partition coefficient (Wildman–Crippen LogP) is 3.30. The molecule has 10 nitrogen and oxygen atoms in total. The minimum atomic E-state index is -0.354. The molecule has 1 fully saturated rings. The summed E-state index contributed by atoms with van der Waals surface area (Å²) in [7, 11) is 1.66. The lowest BCUT2D eigenvalue weighted by molar-refractivity contribution is -0.119.